The van der Waals surface area contributed by atoms with Gasteiger partial charge in [0.05, 0.1) is 11.6 Å². The van der Waals surface area contributed by atoms with Crippen LogP contribution < -0.4 is 10.1 Å². The second-order valence-corrected chi connectivity index (χ2v) is 7.73. The van der Waals surface area contributed by atoms with Crippen LogP contribution in [0.25, 0.3) is 0 Å². The number of benzene rings is 1. The number of hydrogen-bond acceptors (Lipinski definition) is 2. The fourth-order valence-electron chi connectivity index (χ4n) is 3.18. The standard InChI is InChI=1S/C16H23Br2NO/c1-10-4-5-15(11(2)6-10)19-9-12-7-13(17)8-14(18)16(12)20-3/h7-8,10-11,15,19H,4-6,9H2,1-3H3. The molecule has 0 spiro atoms. The maximum Gasteiger partial charge on any atom is 0.137 e. The predicted molar refractivity (Wildman–Crippen MR) is 91.2 cm³/mol. The van der Waals surface area contributed by atoms with Crippen molar-refractivity contribution in [2.45, 2.75) is 45.7 Å². The van der Waals surface area contributed by atoms with Gasteiger partial charge in [0.2, 0.25) is 0 Å². The van der Waals surface area contributed by atoms with Gasteiger partial charge in [0.25, 0.3) is 0 Å². The molecule has 112 valence electrons. The first-order chi connectivity index (χ1) is 9.51. The predicted octanol–water partition coefficient (Wildman–Crippen LogP) is 5.13. The number of halogens is 2. The van der Waals surface area contributed by atoms with Crippen molar-refractivity contribution in [3.05, 3.63) is 26.6 Å². The van der Waals surface area contributed by atoms with Crippen molar-refractivity contribution in [2.24, 2.45) is 11.8 Å². The summed E-state index contributed by atoms with van der Waals surface area (Å²) in [5.74, 6) is 2.55. The van der Waals surface area contributed by atoms with E-state index in [1.165, 1.54) is 24.8 Å². The van der Waals surface area contributed by atoms with E-state index < -0.39 is 0 Å². The van der Waals surface area contributed by atoms with Gasteiger partial charge in [0.15, 0.2) is 0 Å². The molecule has 0 aromatic heterocycles. The SMILES string of the molecule is COc1c(Br)cc(Br)cc1CNC1CCC(C)CC1C. The quantitative estimate of drug-likeness (QED) is 0.750. The Kier molecular flexibility index (Phi) is 5.94. The highest BCUT2D eigenvalue weighted by atomic mass is 79.9. The van der Waals surface area contributed by atoms with Gasteiger partial charge >= 0.3 is 0 Å². The first-order valence-corrected chi connectivity index (χ1v) is 8.85. The molecular weight excluding hydrogens is 382 g/mol. The maximum atomic E-state index is 5.51. The van der Waals surface area contributed by atoms with Crippen molar-refractivity contribution in [1.82, 2.24) is 5.32 Å². The molecule has 1 aromatic carbocycles. The summed E-state index contributed by atoms with van der Waals surface area (Å²) in [5.41, 5.74) is 1.19. The molecule has 0 bridgehead atoms. The topological polar surface area (TPSA) is 21.3 Å². The molecule has 0 aliphatic heterocycles. The van der Waals surface area contributed by atoms with Crippen molar-refractivity contribution >= 4 is 31.9 Å². The fraction of sp³-hybridized carbons (Fsp3) is 0.625. The zero-order valence-corrected chi connectivity index (χ0v) is 15.6. The lowest BCUT2D eigenvalue weighted by Gasteiger charge is -2.33. The zero-order chi connectivity index (χ0) is 14.7. The van der Waals surface area contributed by atoms with Crippen molar-refractivity contribution in [3.63, 3.8) is 0 Å². The van der Waals surface area contributed by atoms with Crippen molar-refractivity contribution < 1.29 is 4.74 Å². The van der Waals surface area contributed by atoms with Crippen LogP contribution in [-0.2, 0) is 6.54 Å². The molecule has 1 fully saturated rings. The van der Waals surface area contributed by atoms with E-state index in [4.69, 9.17) is 4.74 Å². The average molecular weight is 405 g/mol. The van der Waals surface area contributed by atoms with E-state index in [0.29, 0.717) is 6.04 Å². The van der Waals surface area contributed by atoms with Gasteiger partial charge in [-0.2, -0.15) is 0 Å². The highest BCUT2D eigenvalue weighted by Crippen LogP contribution is 2.33. The molecule has 1 aliphatic rings. The largest absolute Gasteiger partial charge is 0.495 e. The third-order valence-corrected chi connectivity index (χ3v) is 5.32. The van der Waals surface area contributed by atoms with Crippen LogP contribution >= 0.6 is 31.9 Å². The Balaban J connectivity index is 2.03. The van der Waals surface area contributed by atoms with E-state index in [1.54, 1.807) is 7.11 Å². The normalized spacial score (nSPS) is 26.6. The molecule has 0 heterocycles. The van der Waals surface area contributed by atoms with Crippen molar-refractivity contribution in [1.29, 1.82) is 0 Å². The van der Waals surface area contributed by atoms with Gasteiger partial charge < -0.3 is 10.1 Å². The van der Waals surface area contributed by atoms with E-state index in [1.807, 2.05) is 6.07 Å². The minimum atomic E-state index is 0.619. The summed E-state index contributed by atoms with van der Waals surface area (Å²) in [7, 11) is 1.72. The summed E-state index contributed by atoms with van der Waals surface area (Å²) >= 11 is 7.11. The molecule has 0 amide bonds. The van der Waals surface area contributed by atoms with Gasteiger partial charge in [0.1, 0.15) is 5.75 Å². The van der Waals surface area contributed by atoms with Crippen LogP contribution in [0.5, 0.6) is 5.75 Å². The summed E-state index contributed by atoms with van der Waals surface area (Å²) in [6, 6.07) is 4.77. The van der Waals surface area contributed by atoms with E-state index in [0.717, 1.165) is 33.1 Å². The number of ether oxygens (including phenoxy) is 1. The Morgan fingerprint density at radius 2 is 2.00 bits per heavy atom. The Morgan fingerprint density at radius 1 is 1.25 bits per heavy atom. The van der Waals surface area contributed by atoms with Crippen molar-refractivity contribution in [2.75, 3.05) is 7.11 Å². The molecule has 1 aromatic rings. The summed E-state index contributed by atoms with van der Waals surface area (Å²) in [5, 5.41) is 3.72. The maximum absolute atomic E-state index is 5.51. The molecule has 1 aliphatic carbocycles. The Hall–Kier alpha value is -0.0600. The first kappa shape index (κ1) is 16.3. The number of hydrogen-bond donors (Lipinski definition) is 1. The molecule has 20 heavy (non-hydrogen) atoms. The average Bonchev–Trinajstić information content (AvgIpc) is 2.37. The Morgan fingerprint density at radius 3 is 2.65 bits per heavy atom. The molecule has 1 saturated carbocycles. The lowest BCUT2D eigenvalue weighted by Crippen LogP contribution is -2.38. The van der Waals surface area contributed by atoms with Crippen LogP contribution in [0.1, 0.15) is 38.7 Å². The van der Waals surface area contributed by atoms with Crippen LogP contribution in [0, 0.1) is 11.8 Å². The van der Waals surface area contributed by atoms with Crippen molar-refractivity contribution in [3.8, 4) is 5.75 Å². The summed E-state index contributed by atoms with van der Waals surface area (Å²) in [6.45, 7) is 5.58. The van der Waals surface area contributed by atoms with Gasteiger partial charge in [-0.15, -0.1) is 0 Å². The molecule has 2 rings (SSSR count). The van der Waals surface area contributed by atoms with E-state index >= 15 is 0 Å². The van der Waals surface area contributed by atoms with Crippen LogP contribution in [0.4, 0.5) is 0 Å². The molecule has 1 N–H and O–H groups in total. The lowest BCUT2D eigenvalue weighted by molar-refractivity contribution is 0.226. The van der Waals surface area contributed by atoms with Gasteiger partial charge in [-0.05, 0) is 59.2 Å². The molecule has 2 nitrogen and oxygen atoms in total. The molecular formula is C16H23Br2NO. The molecule has 4 heteroatoms. The second kappa shape index (κ2) is 7.28. The molecule has 3 unspecified atom stereocenters. The van der Waals surface area contributed by atoms with Gasteiger partial charge in [0, 0.05) is 22.6 Å². The van der Waals surface area contributed by atoms with E-state index in [9.17, 15) is 0 Å². The molecule has 0 radical (unpaired) electrons. The van der Waals surface area contributed by atoms with Gasteiger partial charge in [-0.25, -0.2) is 0 Å². The number of rotatable bonds is 4. The number of methoxy groups -OCH3 is 1. The van der Waals surface area contributed by atoms with Crippen LogP contribution in [0.2, 0.25) is 0 Å². The third kappa shape index (κ3) is 3.99. The van der Waals surface area contributed by atoms with Crippen LogP contribution in [0.3, 0.4) is 0 Å². The smallest absolute Gasteiger partial charge is 0.137 e. The fourth-order valence-corrected chi connectivity index (χ4v) is 4.66. The van der Waals surface area contributed by atoms with E-state index in [2.05, 4.69) is 57.1 Å². The summed E-state index contributed by atoms with van der Waals surface area (Å²) in [6.07, 6.45) is 3.94. The monoisotopic (exact) mass is 403 g/mol. The van der Waals surface area contributed by atoms with E-state index in [-0.39, 0.29) is 0 Å². The van der Waals surface area contributed by atoms with Gasteiger partial charge in [-0.1, -0.05) is 29.8 Å². The first-order valence-electron chi connectivity index (χ1n) is 7.26. The minimum Gasteiger partial charge on any atom is -0.495 e. The Bertz CT molecular complexity index is 464. The minimum absolute atomic E-state index is 0.619. The molecule has 0 saturated heterocycles. The highest BCUT2D eigenvalue weighted by Gasteiger charge is 2.25. The third-order valence-electron chi connectivity index (χ3n) is 4.28. The molecule has 3 atom stereocenters. The highest BCUT2D eigenvalue weighted by molar-refractivity contribution is 9.11. The number of nitrogens with one attached hydrogen (secondary N) is 1. The van der Waals surface area contributed by atoms with Gasteiger partial charge in [-0.3, -0.25) is 0 Å². The second-order valence-electron chi connectivity index (χ2n) is 5.96. The summed E-state index contributed by atoms with van der Waals surface area (Å²) < 4.78 is 7.58. The lowest BCUT2D eigenvalue weighted by atomic mass is 9.80. The van der Waals surface area contributed by atoms with Crippen LogP contribution in [-0.4, -0.2) is 13.2 Å². The zero-order valence-electron chi connectivity index (χ0n) is 12.4. The Labute approximate surface area is 138 Å². The summed E-state index contributed by atoms with van der Waals surface area (Å²) in [4.78, 5) is 0. The van der Waals surface area contributed by atoms with Crippen LogP contribution in [0.15, 0.2) is 21.1 Å².